The zero-order valence-corrected chi connectivity index (χ0v) is 7.10. The van der Waals surface area contributed by atoms with Gasteiger partial charge in [-0.1, -0.05) is 0 Å². The molecule has 0 spiro atoms. The molecule has 0 saturated carbocycles. The average molecular weight is 242 g/mol. The lowest BCUT2D eigenvalue weighted by Crippen LogP contribution is -2.52. The summed E-state index contributed by atoms with van der Waals surface area (Å²) in [6.45, 7) is -1.68. The monoisotopic (exact) mass is 242 g/mol. The summed E-state index contributed by atoms with van der Waals surface area (Å²) in [5, 5.41) is 25.0. The van der Waals surface area contributed by atoms with E-state index in [2.05, 4.69) is 0 Å². The Bertz CT molecular complexity index is 217. The van der Waals surface area contributed by atoms with Crippen LogP contribution >= 0.6 is 0 Å². The van der Waals surface area contributed by atoms with Crippen LogP contribution < -0.4 is 0 Å². The van der Waals surface area contributed by atoms with Crippen LogP contribution in [0.3, 0.4) is 0 Å². The SMILES string of the molecule is OCC(O)(O)CC(F)(F)C(F)(F)C(F)F. The predicted molar refractivity (Wildman–Crippen MR) is 34.8 cm³/mol. The lowest BCUT2D eigenvalue weighted by Gasteiger charge is -2.30. The zero-order valence-electron chi connectivity index (χ0n) is 7.10. The molecule has 0 aromatic heterocycles. The van der Waals surface area contributed by atoms with E-state index in [9.17, 15) is 26.3 Å². The summed E-state index contributed by atoms with van der Waals surface area (Å²) < 4.78 is 72.4. The van der Waals surface area contributed by atoms with Crippen LogP contribution in [0, 0.1) is 0 Å². The maximum Gasteiger partial charge on any atom is 0.369 e. The Morgan fingerprint density at radius 1 is 1.00 bits per heavy atom. The molecule has 0 aliphatic carbocycles. The third-order valence-corrected chi connectivity index (χ3v) is 1.52. The molecule has 9 heteroatoms. The van der Waals surface area contributed by atoms with Crippen LogP contribution in [0.5, 0.6) is 0 Å². The molecule has 0 bridgehead atoms. The van der Waals surface area contributed by atoms with E-state index in [1.807, 2.05) is 0 Å². The van der Waals surface area contributed by atoms with Crippen LogP contribution in [0.25, 0.3) is 0 Å². The molecule has 3 N–H and O–H groups in total. The Morgan fingerprint density at radius 2 is 1.40 bits per heavy atom. The first-order chi connectivity index (χ1) is 6.46. The van der Waals surface area contributed by atoms with Crippen molar-refractivity contribution in [2.75, 3.05) is 6.61 Å². The molecule has 0 aromatic rings. The highest BCUT2D eigenvalue weighted by Gasteiger charge is 2.64. The number of aliphatic hydroxyl groups is 3. The fraction of sp³-hybridized carbons (Fsp3) is 1.00. The van der Waals surface area contributed by atoms with Gasteiger partial charge in [-0.25, -0.2) is 8.78 Å². The number of halogens is 6. The molecule has 0 aliphatic rings. The Morgan fingerprint density at radius 3 is 1.67 bits per heavy atom. The maximum absolute atomic E-state index is 12.5. The number of hydrogen-bond donors (Lipinski definition) is 3. The van der Waals surface area contributed by atoms with E-state index >= 15 is 0 Å². The molecule has 0 unspecified atom stereocenters. The number of aliphatic hydroxyl groups excluding tert-OH is 1. The Kier molecular flexibility index (Phi) is 3.99. The Balaban J connectivity index is 4.83. The summed E-state index contributed by atoms with van der Waals surface area (Å²) in [7, 11) is 0. The molecule has 0 saturated heterocycles. The Hall–Kier alpha value is -0.540. The van der Waals surface area contributed by atoms with Gasteiger partial charge < -0.3 is 15.3 Å². The topological polar surface area (TPSA) is 60.7 Å². The summed E-state index contributed by atoms with van der Waals surface area (Å²) >= 11 is 0. The van der Waals surface area contributed by atoms with Crippen molar-refractivity contribution in [3.63, 3.8) is 0 Å². The maximum atomic E-state index is 12.5. The first-order valence-electron chi connectivity index (χ1n) is 3.56. The minimum Gasteiger partial charge on any atom is -0.391 e. The smallest absolute Gasteiger partial charge is 0.369 e. The normalized spacial score (nSPS) is 14.8. The average Bonchev–Trinajstić information content (AvgIpc) is 2.02. The van der Waals surface area contributed by atoms with Gasteiger partial charge in [0, 0.05) is 0 Å². The molecule has 0 fully saturated rings. The quantitative estimate of drug-likeness (QED) is 0.488. The third kappa shape index (κ3) is 3.21. The van der Waals surface area contributed by atoms with Gasteiger partial charge in [-0.2, -0.15) is 17.6 Å². The third-order valence-electron chi connectivity index (χ3n) is 1.52. The summed E-state index contributed by atoms with van der Waals surface area (Å²) in [5.74, 6) is -14.6. The van der Waals surface area contributed by atoms with Crippen molar-refractivity contribution in [1.29, 1.82) is 0 Å². The number of rotatable bonds is 5. The van der Waals surface area contributed by atoms with Gasteiger partial charge in [-0.05, 0) is 0 Å². The van der Waals surface area contributed by atoms with E-state index in [0.29, 0.717) is 0 Å². The second kappa shape index (κ2) is 4.14. The van der Waals surface area contributed by atoms with E-state index in [4.69, 9.17) is 15.3 Å². The van der Waals surface area contributed by atoms with Gasteiger partial charge in [0.25, 0.3) is 0 Å². The van der Waals surface area contributed by atoms with Crippen molar-refractivity contribution in [2.24, 2.45) is 0 Å². The van der Waals surface area contributed by atoms with Crippen molar-refractivity contribution in [3.05, 3.63) is 0 Å². The second-order valence-electron chi connectivity index (χ2n) is 2.95. The van der Waals surface area contributed by atoms with Gasteiger partial charge in [-0.3, -0.25) is 0 Å². The summed E-state index contributed by atoms with van der Waals surface area (Å²) in [6, 6.07) is 0. The summed E-state index contributed by atoms with van der Waals surface area (Å²) in [6.07, 6.45) is -7.05. The lowest BCUT2D eigenvalue weighted by molar-refractivity contribution is -0.306. The molecular weight excluding hydrogens is 234 g/mol. The first-order valence-corrected chi connectivity index (χ1v) is 3.56. The van der Waals surface area contributed by atoms with Crippen LogP contribution in [0.2, 0.25) is 0 Å². The van der Waals surface area contributed by atoms with Crippen molar-refractivity contribution in [3.8, 4) is 0 Å². The van der Waals surface area contributed by atoms with Gasteiger partial charge in [-0.15, -0.1) is 0 Å². The molecule has 0 rings (SSSR count). The van der Waals surface area contributed by atoms with Gasteiger partial charge in [0.15, 0.2) is 5.79 Å². The largest absolute Gasteiger partial charge is 0.391 e. The number of hydrogen-bond acceptors (Lipinski definition) is 3. The molecular formula is C6H8F6O3. The lowest BCUT2D eigenvalue weighted by atomic mass is 10.0. The molecule has 0 atom stereocenters. The van der Waals surface area contributed by atoms with E-state index in [0.717, 1.165) is 0 Å². The van der Waals surface area contributed by atoms with Crippen LogP contribution in [0.4, 0.5) is 26.3 Å². The predicted octanol–water partition coefficient (Wildman–Crippen LogP) is 0.585. The second-order valence-corrected chi connectivity index (χ2v) is 2.95. The standard InChI is InChI=1S/C6H8F6O3/c7-3(8)6(11,12)5(9,10)1-4(14,15)2-13/h3,13-15H,1-2H2. The molecule has 15 heavy (non-hydrogen) atoms. The summed E-state index contributed by atoms with van der Waals surface area (Å²) in [5.41, 5.74) is 0. The van der Waals surface area contributed by atoms with E-state index in [1.165, 1.54) is 0 Å². The molecule has 0 aromatic carbocycles. The molecule has 92 valence electrons. The van der Waals surface area contributed by atoms with Gasteiger partial charge in [0.1, 0.15) is 0 Å². The van der Waals surface area contributed by atoms with Crippen molar-refractivity contribution in [2.45, 2.75) is 30.5 Å². The van der Waals surface area contributed by atoms with Gasteiger partial charge in [0.2, 0.25) is 0 Å². The highest BCUT2D eigenvalue weighted by molar-refractivity contribution is 4.90. The van der Waals surface area contributed by atoms with Crippen LogP contribution in [-0.2, 0) is 0 Å². The minimum absolute atomic E-state index is 1.68. The van der Waals surface area contributed by atoms with Crippen LogP contribution in [0.15, 0.2) is 0 Å². The number of alkyl halides is 6. The van der Waals surface area contributed by atoms with Crippen LogP contribution in [-0.4, -0.2) is 46.0 Å². The van der Waals surface area contributed by atoms with Crippen molar-refractivity contribution >= 4 is 0 Å². The molecule has 0 heterocycles. The van der Waals surface area contributed by atoms with Crippen LogP contribution in [0.1, 0.15) is 6.42 Å². The molecule has 3 nitrogen and oxygen atoms in total. The van der Waals surface area contributed by atoms with Crippen molar-refractivity contribution < 1.29 is 41.7 Å². The zero-order chi connectivity index (χ0) is 12.5. The van der Waals surface area contributed by atoms with Gasteiger partial charge in [0.05, 0.1) is 13.0 Å². The molecule has 0 amide bonds. The summed E-state index contributed by atoms with van der Waals surface area (Å²) in [4.78, 5) is 0. The van der Waals surface area contributed by atoms with Crippen molar-refractivity contribution in [1.82, 2.24) is 0 Å². The van der Waals surface area contributed by atoms with Gasteiger partial charge >= 0.3 is 18.3 Å². The van der Waals surface area contributed by atoms with E-state index < -0.39 is 37.1 Å². The fourth-order valence-electron chi connectivity index (χ4n) is 0.689. The first kappa shape index (κ1) is 14.5. The highest BCUT2D eigenvalue weighted by atomic mass is 19.3. The van der Waals surface area contributed by atoms with E-state index in [-0.39, 0.29) is 0 Å². The fourth-order valence-corrected chi connectivity index (χ4v) is 0.689. The minimum atomic E-state index is -5.70. The molecule has 0 aliphatic heterocycles. The Labute approximate surface area is 79.9 Å². The molecule has 0 radical (unpaired) electrons. The van der Waals surface area contributed by atoms with E-state index in [1.54, 1.807) is 0 Å². The highest BCUT2D eigenvalue weighted by Crippen LogP contribution is 2.43.